The Morgan fingerprint density at radius 2 is 1.79 bits per heavy atom. The smallest absolute Gasteiger partial charge is 0.235 e. The van der Waals surface area contributed by atoms with Crippen LogP contribution in [0.2, 0.25) is 5.02 Å². The van der Waals surface area contributed by atoms with Crippen LogP contribution < -0.4 is 4.74 Å². The normalized spacial score (nSPS) is 11.1. The lowest BCUT2D eigenvalue weighted by Gasteiger charge is -2.06. The maximum absolute atomic E-state index is 6.28. The van der Waals surface area contributed by atoms with Gasteiger partial charge in [-0.2, -0.15) is 9.61 Å². The average Bonchev–Trinajstić information content (AvgIpc) is 3.17. The minimum atomic E-state index is 0.603. The Labute approximate surface area is 147 Å². The first-order chi connectivity index (χ1) is 11.8. The van der Waals surface area contributed by atoms with Gasteiger partial charge < -0.3 is 4.74 Å². The third-order valence-corrected chi connectivity index (χ3v) is 4.78. The van der Waals surface area contributed by atoms with Crippen LogP contribution in [0.3, 0.4) is 0 Å². The van der Waals surface area contributed by atoms with Gasteiger partial charge in [0.15, 0.2) is 10.8 Å². The average molecular weight is 357 g/mol. The highest BCUT2D eigenvalue weighted by molar-refractivity contribution is 7.19. The summed E-state index contributed by atoms with van der Waals surface area (Å²) in [7, 11) is 0. The SMILES string of the molecule is CCOc1ccccc1-c1nn2c(-c3ccccc3Cl)nnc2s1. The maximum atomic E-state index is 6.28. The Morgan fingerprint density at radius 1 is 1.04 bits per heavy atom. The van der Waals surface area contributed by atoms with E-state index in [2.05, 4.69) is 15.3 Å². The van der Waals surface area contributed by atoms with Gasteiger partial charge in [-0.3, -0.25) is 0 Å². The van der Waals surface area contributed by atoms with Gasteiger partial charge in [0.2, 0.25) is 4.96 Å². The zero-order valence-corrected chi connectivity index (χ0v) is 14.4. The summed E-state index contributed by atoms with van der Waals surface area (Å²) in [5.41, 5.74) is 1.75. The Morgan fingerprint density at radius 3 is 2.58 bits per heavy atom. The van der Waals surface area contributed by atoms with Crippen molar-refractivity contribution in [2.45, 2.75) is 6.92 Å². The number of hydrogen-bond donors (Lipinski definition) is 0. The van der Waals surface area contributed by atoms with E-state index < -0.39 is 0 Å². The lowest BCUT2D eigenvalue weighted by atomic mass is 10.2. The first-order valence-electron chi connectivity index (χ1n) is 7.47. The quantitative estimate of drug-likeness (QED) is 0.537. The molecule has 7 heteroatoms. The molecule has 0 unspecified atom stereocenters. The topological polar surface area (TPSA) is 52.3 Å². The van der Waals surface area contributed by atoms with Gasteiger partial charge in [0, 0.05) is 5.56 Å². The van der Waals surface area contributed by atoms with E-state index >= 15 is 0 Å². The fourth-order valence-electron chi connectivity index (χ4n) is 2.46. The third-order valence-electron chi connectivity index (χ3n) is 3.52. The van der Waals surface area contributed by atoms with Crippen molar-refractivity contribution in [3.8, 4) is 27.7 Å². The van der Waals surface area contributed by atoms with Crippen molar-refractivity contribution >= 4 is 27.9 Å². The van der Waals surface area contributed by atoms with Crippen LogP contribution in [-0.2, 0) is 0 Å². The van der Waals surface area contributed by atoms with E-state index in [1.807, 2.05) is 55.5 Å². The summed E-state index contributed by atoms with van der Waals surface area (Å²) in [6.07, 6.45) is 0. The van der Waals surface area contributed by atoms with Crippen molar-refractivity contribution in [3.63, 3.8) is 0 Å². The lowest BCUT2D eigenvalue weighted by Crippen LogP contribution is -1.95. The van der Waals surface area contributed by atoms with Gasteiger partial charge in [-0.05, 0) is 31.2 Å². The van der Waals surface area contributed by atoms with Crippen molar-refractivity contribution < 1.29 is 4.74 Å². The van der Waals surface area contributed by atoms with E-state index in [9.17, 15) is 0 Å². The van der Waals surface area contributed by atoms with E-state index in [0.29, 0.717) is 22.4 Å². The molecule has 4 aromatic rings. The first kappa shape index (κ1) is 15.1. The summed E-state index contributed by atoms with van der Waals surface area (Å²) in [5.74, 6) is 1.44. The van der Waals surface area contributed by atoms with Gasteiger partial charge in [0.25, 0.3) is 0 Å². The van der Waals surface area contributed by atoms with Crippen molar-refractivity contribution in [2.75, 3.05) is 6.61 Å². The highest BCUT2D eigenvalue weighted by atomic mass is 35.5. The van der Waals surface area contributed by atoms with E-state index in [1.54, 1.807) is 4.52 Å². The molecule has 0 radical (unpaired) electrons. The standard InChI is InChI=1S/C17H13ClN4OS/c1-2-23-14-10-6-4-8-12(14)16-21-22-15(19-20-17(22)24-16)11-7-3-5-9-13(11)18/h3-10H,2H2,1H3. The minimum Gasteiger partial charge on any atom is -0.493 e. The van der Waals surface area contributed by atoms with E-state index in [4.69, 9.17) is 16.3 Å². The van der Waals surface area contributed by atoms with E-state index in [1.165, 1.54) is 11.3 Å². The summed E-state index contributed by atoms with van der Waals surface area (Å²) in [4.78, 5) is 0.714. The lowest BCUT2D eigenvalue weighted by molar-refractivity contribution is 0.341. The molecule has 0 saturated carbocycles. The maximum Gasteiger partial charge on any atom is 0.235 e. The van der Waals surface area contributed by atoms with Gasteiger partial charge >= 0.3 is 0 Å². The molecule has 24 heavy (non-hydrogen) atoms. The number of aromatic nitrogens is 4. The van der Waals surface area contributed by atoms with Gasteiger partial charge in [0.05, 0.1) is 17.2 Å². The summed E-state index contributed by atoms with van der Waals surface area (Å²) in [5, 5.41) is 14.6. The number of benzene rings is 2. The Balaban J connectivity index is 1.85. The molecule has 0 amide bonds. The molecule has 0 aliphatic carbocycles. The number of hydrogen-bond acceptors (Lipinski definition) is 5. The third kappa shape index (κ3) is 2.53. The van der Waals surface area contributed by atoms with E-state index in [-0.39, 0.29) is 0 Å². The van der Waals surface area contributed by atoms with Crippen molar-refractivity contribution in [1.29, 1.82) is 0 Å². The van der Waals surface area contributed by atoms with Gasteiger partial charge in [-0.25, -0.2) is 0 Å². The van der Waals surface area contributed by atoms with Crippen molar-refractivity contribution in [1.82, 2.24) is 19.8 Å². The second-order valence-electron chi connectivity index (χ2n) is 5.03. The molecule has 0 aliphatic rings. The zero-order chi connectivity index (χ0) is 16.5. The first-order valence-corrected chi connectivity index (χ1v) is 8.66. The summed E-state index contributed by atoms with van der Waals surface area (Å²) in [6.45, 7) is 2.57. The second-order valence-corrected chi connectivity index (χ2v) is 6.40. The van der Waals surface area contributed by atoms with Crippen LogP contribution in [-0.4, -0.2) is 26.4 Å². The zero-order valence-electron chi connectivity index (χ0n) is 12.8. The largest absolute Gasteiger partial charge is 0.493 e. The van der Waals surface area contributed by atoms with Crippen molar-refractivity contribution in [2.24, 2.45) is 0 Å². The van der Waals surface area contributed by atoms with Gasteiger partial charge in [-0.1, -0.05) is 47.2 Å². The fourth-order valence-corrected chi connectivity index (χ4v) is 3.55. The highest BCUT2D eigenvalue weighted by Gasteiger charge is 2.17. The van der Waals surface area contributed by atoms with Crippen molar-refractivity contribution in [3.05, 3.63) is 53.6 Å². The molecule has 2 aromatic carbocycles. The molecule has 4 rings (SSSR count). The number of para-hydroxylation sites is 1. The number of nitrogens with zero attached hydrogens (tertiary/aromatic N) is 4. The molecular weight excluding hydrogens is 344 g/mol. The number of ether oxygens (including phenoxy) is 1. The number of fused-ring (bicyclic) bond motifs is 1. The van der Waals surface area contributed by atoms with Crippen LogP contribution in [0.1, 0.15) is 6.92 Å². The van der Waals surface area contributed by atoms with Gasteiger partial charge in [-0.15, -0.1) is 10.2 Å². The van der Waals surface area contributed by atoms with Crippen LogP contribution in [0.5, 0.6) is 5.75 Å². The molecule has 0 fully saturated rings. The summed E-state index contributed by atoms with van der Waals surface area (Å²) >= 11 is 7.75. The monoisotopic (exact) mass is 356 g/mol. The van der Waals surface area contributed by atoms with Crippen LogP contribution in [0.25, 0.3) is 26.9 Å². The Kier molecular flexibility index (Phi) is 3.92. The molecule has 5 nitrogen and oxygen atoms in total. The summed E-state index contributed by atoms with van der Waals surface area (Å²) < 4.78 is 7.42. The van der Waals surface area contributed by atoms with Crippen LogP contribution in [0, 0.1) is 0 Å². The number of rotatable bonds is 4. The molecular formula is C17H13ClN4OS. The van der Waals surface area contributed by atoms with E-state index in [0.717, 1.165) is 21.9 Å². The van der Waals surface area contributed by atoms with Crippen LogP contribution >= 0.6 is 22.9 Å². The molecule has 0 atom stereocenters. The van der Waals surface area contributed by atoms with Crippen LogP contribution in [0.15, 0.2) is 48.5 Å². The molecule has 120 valence electrons. The van der Waals surface area contributed by atoms with Gasteiger partial charge in [0.1, 0.15) is 5.75 Å². The molecule has 0 saturated heterocycles. The molecule has 2 heterocycles. The molecule has 2 aromatic heterocycles. The number of halogens is 1. The molecule has 0 N–H and O–H groups in total. The predicted octanol–water partition coefficient (Wildman–Crippen LogP) is 4.57. The Bertz CT molecular complexity index is 1010. The highest BCUT2D eigenvalue weighted by Crippen LogP contribution is 2.34. The summed E-state index contributed by atoms with van der Waals surface area (Å²) in [6, 6.07) is 15.4. The predicted molar refractivity (Wildman–Crippen MR) is 95.7 cm³/mol. The molecule has 0 spiro atoms. The molecule has 0 bridgehead atoms. The fraction of sp³-hybridized carbons (Fsp3) is 0.118. The van der Waals surface area contributed by atoms with Crippen LogP contribution in [0.4, 0.5) is 0 Å². The second kappa shape index (κ2) is 6.22. The molecule has 0 aliphatic heterocycles. The Hall–Kier alpha value is -2.44. The minimum absolute atomic E-state index is 0.603.